The molecule has 2 aliphatic heterocycles. The van der Waals surface area contributed by atoms with Gasteiger partial charge >= 0.3 is 0 Å². The fourth-order valence-corrected chi connectivity index (χ4v) is 4.48. The molecule has 5 heteroatoms. The average molecular weight is 317 g/mol. The SMILES string of the molecule is Cn1cc(C2COC3(CCN(Cc4ccsc4)CC3)C2)cn1. The summed E-state index contributed by atoms with van der Waals surface area (Å²) < 4.78 is 8.17. The Morgan fingerprint density at radius 3 is 2.95 bits per heavy atom. The van der Waals surface area contributed by atoms with Crippen molar-refractivity contribution in [3.63, 3.8) is 0 Å². The lowest BCUT2D eigenvalue weighted by Crippen LogP contribution is -2.43. The van der Waals surface area contributed by atoms with Crippen LogP contribution < -0.4 is 0 Å². The summed E-state index contributed by atoms with van der Waals surface area (Å²) in [6.45, 7) is 4.24. The average Bonchev–Trinajstić information content (AvgIpc) is 3.24. The summed E-state index contributed by atoms with van der Waals surface area (Å²) in [5.41, 5.74) is 2.90. The molecule has 4 heterocycles. The van der Waals surface area contributed by atoms with E-state index in [1.165, 1.54) is 11.1 Å². The molecule has 0 aliphatic carbocycles. The largest absolute Gasteiger partial charge is 0.374 e. The minimum atomic E-state index is 0.117. The van der Waals surface area contributed by atoms with E-state index in [1.54, 1.807) is 11.3 Å². The Balaban J connectivity index is 1.35. The Morgan fingerprint density at radius 2 is 2.27 bits per heavy atom. The molecule has 0 radical (unpaired) electrons. The first-order valence-corrected chi connectivity index (χ1v) is 9.03. The summed E-state index contributed by atoms with van der Waals surface area (Å²) in [7, 11) is 1.98. The van der Waals surface area contributed by atoms with Gasteiger partial charge in [-0.25, -0.2) is 0 Å². The molecule has 1 unspecified atom stereocenters. The van der Waals surface area contributed by atoms with Crippen LogP contribution in [-0.2, 0) is 18.3 Å². The van der Waals surface area contributed by atoms with E-state index in [2.05, 4.69) is 33.0 Å². The third-order valence-electron chi connectivity index (χ3n) is 5.16. The molecule has 0 N–H and O–H groups in total. The summed E-state index contributed by atoms with van der Waals surface area (Å²) in [5, 5.41) is 8.73. The minimum Gasteiger partial charge on any atom is -0.374 e. The first-order chi connectivity index (χ1) is 10.7. The van der Waals surface area contributed by atoms with E-state index >= 15 is 0 Å². The molecule has 0 bridgehead atoms. The molecular formula is C17H23N3OS. The van der Waals surface area contributed by atoms with Gasteiger partial charge in [0.05, 0.1) is 18.4 Å². The van der Waals surface area contributed by atoms with Crippen molar-refractivity contribution in [1.82, 2.24) is 14.7 Å². The number of rotatable bonds is 3. The zero-order chi connectivity index (χ0) is 15.0. The number of hydrogen-bond donors (Lipinski definition) is 0. The van der Waals surface area contributed by atoms with Crippen molar-refractivity contribution in [2.45, 2.75) is 37.3 Å². The van der Waals surface area contributed by atoms with Gasteiger partial charge in [0.1, 0.15) is 0 Å². The van der Waals surface area contributed by atoms with E-state index in [4.69, 9.17) is 4.74 Å². The van der Waals surface area contributed by atoms with Crippen LogP contribution in [0.15, 0.2) is 29.2 Å². The standard InChI is InChI=1S/C17H23N3OS/c1-19-11-16(9-18-19)15-8-17(21-12-15)3-5-20(6-4-17)10-14-2-7-22-13-14/h2,7,9,11,13,15H,3-6,8,10,12H2,1H3. The van der Waals surface area contributed by atoms with Gasteiger partial charge in [-0.2, -0.15) is 16.4 Å². The predicted octanol–water partition coefficient (Wildman–Crippen LogP) is 3.02. The maximum Gasteiger partial charge on any atom is 0.0713 e. The molecule has 2 saturated heterocycles. The molecular weight excluding hydrogens is 294 g/mol. The monoisotopic (exact) mass is 317 g/mol. The van der Waals surface area contributed by atoms with E-state index in [0.717, 1.165) is 45.5 Å². The number of thiophene rings is 1. The lowest BCUT2D eigenvalue weighted by atomic mass is 9.84. The van der Waals surface area contributed by atoms with E-state index in [1.807, 2.05) is 17.9 Å². The Bertz CT molecular complexity index is 614. The van der Waals surface area contributed by atoms with E-state index in [9.17, 15) is 0 Å². The first-order valence-electron chi connectivity index (χ1n) is 8.08. The zero-order valence-corrected chi connectivity index (χ0v) is 13.9. The molecule has 22 heavy (non-hydrogen) atoms. The molecule has 4 nitrogen and oxygen atoms in total. The molecule has 2 aromatic rings. The van der Waals surface area contributed by atoms with Crippen molar-refractivity contribution in [2.75, 3.05) is 19.7 Å². The Kier molecular flexibility index (Phi) is 3.80. The highest BCUT2D eigenvalue weighted by Crippen LogP contribution is 2.42. The van der Waals surface area contributed by atoms with Crippen molar-refractivity contribution in [3.05, 3.63) is 40.3 Å². The van der Waals surface area contributed by atoms with Gasteiger partial charge in [-0.15, -0.1) is 0 Å². The van der Waals surface area contributed by atoms with Crippen molar-refractivity contribution < 1.29 is 4.74 Å². The van der Waals surface area contributed by atoms with Gasteiger partial charge in [0, 0.05) is 38.8 Å². The van der Waals surface area contributed by atoms with E-state index < -0.39 is 0 Å². The smallest absolute Gasteiger partial charge is 0.0713 e. The summed E-state index contributed by atoms with van der Waals surface area (Å²) in [6.07, 6.45) is 7.62. The van der Waals surface area contributed by atoms with Crippen LogP contribution in [-0.4, -0.2) is 40.0 Å². The van der Waals surface area contributed by atoms with Crippen LogP contribution in [0.2, 0.25) is 0 Å². The van der Waals surface area contributed by atoms with Gasteiger partial charge in [-0.1, -0.05) is 0 Å². The van der Waals surface area contributed by atoms with Crippen molar-refractivity contribution in [1.29, 1.82) is 0 Å². The fraction of sp³-hybridized carbons (Fsp3) is 0.588. The van der Waals surface area contributed by atoms with Crippen LogP contribution in [0.25, 0.3) is 0 Å². The zero-order valence-electron chi connectivity index (χ0n) is 13.1. The second-order valence-corrected chi connectivity index (χ2v) is 7.53. The van der Waals surface area contributed by atoms with E-state index in [0.29, 0.717) is 5.92 Å². The fourth-order valence-electron chi connectivity index (χ4n) is 3.82. The molecule has 118 valence electrons. The number of hydrogen-bond acceptors (Lipinski definition) is 4. The van der Waals surface area contributed by atoms with Gasteiger partial charge in [-0.3, -0.25) is 9.58 Å². The number of nitrogens with zero attached hydrogens (tertiary/aromatic N) is 3. The lowest BCUT2D eigenvalue weighted by Gasteiger charge is -2.38. The Labute approximate surface area is 135 Å². The third kappa shape index (κ3) is 2.85. The van der Waals surface area contributed by atoms with Gasteiger partial charge in [-0.05, 0) is 47.2 Å². The van der Waals surface area contributed by atoms with Crippen molar-refractivity contribution in [3.8, 4) is 0 Å². The van der Waals surface area contributed by atoms with Crippen LogP contribution in [0.4, 0.5) is 0 Å². The second kappa shape index (κ2) is 5.80. The van der Waals surface area contributed by atoms with Crippen LogP contribution in [0.5, 0.6) is 0 Å². The highest BCUT2D eigenvalue weighted by molar-refractivity contribution is 7.07. The highest BCUT2D eigenvalue weighted by Gasteiger charge is 2.43. The molecule has 4 rings (SSSR count). The maximum atomic E-state index is 6.28. The molecule has 0 aromatic carbocycles. The topological polar surface area (TPSA) is 30.3 Å². The van der Waals surface area contributed by atoms with E-state index in [-0.39, 0.29) is 5.60 Å². The predicted molar refractivity (Wildman–Crippen MR) is 88.1 cm³/mol. The minimum absolute atomic E-state index is 0.117. The van der Waals surface area contributed by atoms with Crippen LogP contribution in [0.1, 0.15) is 36.3 Å². The van der Waals surface area contributed by atoms with Gasteiger partial charge < -0.3 is 4.74 Å². The molecule has 1 atom stereocenters. The van der Waals surface area contributed by atoms with Crippen molar-refractivity contribution in [2.24, 2.45) is 7.05 Å². The quantitative estimate of drug-likeness (QED) is 0.872. The normalized spacial score (nSPS) is 25.0. The highest BCUT2D eigenvalue weighted by atomic mass is 32.1. The summed E-state index contributed by atoms with van der Waals surface area (Å²) in [5.74, 6) is 0.525. The number of ether oxygens (including phenoxy) is 1. The van der Waals surface area contributed by atoms with Crippen LogP contribution in [0.3, 0.4) is 0 Å². The summed E-state index contributed by atoms with van der Waals surface area (Å²) in [4.78, 5) is 2.56. The molecule has 0 saturated carbocycles. The molecule has 0 amide bonds. The summed E-state index contributed by atoms with van der Waals surface area (Å²) >= 11 is 1.79. The molecule has 2 fully saturated rings. The number of aromatic nitrogens is 2. The molecule has 2 aromatic heterocycles. The molecule has 1 spiro atoms. The van der Waals surface area contributed by atoms with Gasteiger partial charge in [0.2, 0.25) is 0 Å². The van der Waals surface area contributed by atoms with Crippen LogP contribution in [0, 0.1) is 0 Å². The Hall–Kier alpha value is -1.17. The number of piperidine rings is 1. The van der Waals surface area contributed by atoms with Gasteiger partial charge in [0.15, 0.2) is 0 Å². The number of aryl methyl sites for hydroxylation is 1. The summed E-state index contributed by atoms with van der Waals surface area (Å²) in [6, 6.07) is 2.24. The van der Waals surface area contributed by atoms with Gasteiger partial charge in [0.25, 0.3) is 0 Å². The maximum absolute atomic E-state index is 6.28. The first kappa shape index (κ1) is 14.4. The number of likely N-dealkylation sites (tertiary alicyclic amines) is 1. The third-order valence-corrected chi connectivity index (χ3v) is 5.89. The Morgan fingerprint density at radius 1 is 1.41 bits per heavy atom. The van der Waals surface area contributed by atoms with Crippen molar-refractivity contribution >= 4 is 11.3 Å². The molecule has 2 aliphatic rings. The second-order valence-electron chi connectivity index (χ2n) is 6.75. The van der Waals surface area contributed by atoms with Crippen LogP contribution >= 0.6 is 11.3 Å². The lowest BCUT2D eigenvalue weighted by molar-refractivity contribution is -0.0448.